The summed E-state index contributed by atoms with van der Waals surface area (Å²) in [5.74, 6) is -0.415. The van der Waals surface area contributed by atoms with Crippen LogP contribution in [0.4, 0.5) is 11.4 Å². The van der Waals surface area contributed by atoms with Gasteiger partial charge in [0.1, 0.15) is 0 Å². The monoisotopic (exact) mass is 425 g/mol. The van der Waals surface area contributed by atoms with Crippen molar-refractivity contribution in [3.63, 3.8) is 0 Å². The average Bonchev–Trinajstić information content (AvgIpc) is 2.73. The van der Waals surface area contributed by atoms with Gasteiger partial charge in [0.25, 0.3) is 0 Å². The van der Waals surface area contributed by atoms with E-state index in [0.29, 0.717) is 25.5 Å². The van der Waals surface area contributed by atoms with E-state index in [-0.39, 0.29) is 30.9 Å². The smallest absolute Gasteiger partial charge is 0.239 e. The Morgan fingerprint density at radius 3 is 2.52 bits per heavy atom. The Labute approximate surface area is 173 Å². The molecule has 2 aliphatic heterocycles. The fraction of sp³-hybridized carbons (Fsp3) is 0.650. The van der Waals surface area contributed by atoms with Gasteiger partial charge in [0, 0.05) is 37.6 Å². The molecule has 162 valence electrons. The lowest BCUT2D eigenvalue weighted by Crippen LogP contribution is -2.42. The molecule has 1 aromatic carbocycles. The molecule has 1 amide bonds. The molecule has 0 radical (unpaired) electrons. The van der Waals surface area contributed by atoms with Crippen LogP contribution in [0, 0.1) is 0 Å². The molecule has 0 bridgehead atoms. The highest BCUT2D eigenvalue weighted by molar-refractivity contribution is 7.89. The van der Waals surface area contributed by atoms with E-state index in [1.165, 1.54) is 4.31 Å². The molecule has 3 rings (SSSR count). The van der Waals surface area contributed by atoms with Crippen molar-refractivity contribution >= 4 is 27.3 Å². The van der Waals surface area contributed by atoms with Gasteiger partial charge >= 0.3 is 0 Å². The topological polar surface area (TPSA) is 88.2 Å². The molecule has 2 saturated heterocycles. The van der Waals surface area contributed by atoms with Crippen LogP contribution in [0.25, 0.3) is 0 Å². The first kappa shape index (κ1) is 22.0. The summed E-state index contributed by atoms with van der Waals surface area (Å²) < 4.78 is 37.5. The molecule has 1 aromatic rings. The predicted octanol–water partition coefficient (Wildman–Crippen LogP) is 1.68. The van der Waals surface area contributed by atoms with E-state index in [9.17, 15) is 13.2 Å². The molecule has 0 spiro atoms. The number of carbonyl (C=O) groups is 1. The van der Waals surface area contributed by atoms with E-state index >= 15 is 0 Å². The number of likely N-dealkylation sites (N-methyl/N-ethyl adjacent to an activating group) is 1. The minimum Gasteiger partial charge on any atom is -0.378 e. The highest BCUT2D eigenvalue weighted by atomic mass is 32.2. The summed E-state index contributed by atoms with van der Waals surface area (Å²) in [6.45, 7) is 5.52. The van der Waals surface area contributed by atoms with Gasteiger partial charge in [0.15, 0.2) is 0 Å². The van der Waals surface area contributed by atoms with Crippen LogP contribution in [0.5, 0.6) is 0 Å². The van der Waals surface area contributed by atoms with Crippen molar-refractivity contribution in [1.29, 1.82) is 0 Å². The fourth-order valence-electron chi connectivity index (χ4n) is 3.62. The normalized spacial score (nSPS) is 20.6. The highest BCUT2D eigenvalue weighted by Gasteiger charge is 2.28. The van der Waals surface area contributed by atoms with E-state index in [1.807, 2.05) is 24.3 Å². The molecule has 2 fully saturated rings. The number of nitrogens with zero attached hydrogens (tertiary/aromatic N) is 2. The van der Waals surface area contributed by atoms with Gasteiger partial charge in [-0.3, -0.25) is 4.79 Å². The van der Waals surface area contributed by atoms with Crippen LogP contribution in [-0.4, -0.2) is 76.5 Å². The molecule has 1 unspecified atom stereocenters. The van der Waals surface area contributed by atoms with Crippen LogP contribution in [0.15, 0.2) is 24.3 Å². The van der Waals surface area contributed by atoms with E-state index in [1.54, 1.807) is 6.92 Å². The van der Waals surface area contributed by atoms with Crippen molar-refractivity contribution < 1.29 is 22.7 Å². The third-order valence-corrected chi connectivity index (χ3v) is 7.23. The molecular formula is C20H31N3O5S. The number of hydrogen-bond acceptors (Lipinski definition) is 6. The molecule has 1 N–H and O–H groups in total. The summed E-state index contributed by atoms with van der Waals surface area (Å²) in [5.41, 5.74) is 1.73. The second kappa shape index (κ2) is 10.4. The Morgan fingerprint density at radius 1 is 1.17 bits per heavy atom. The van der Waals surface area contributed by atoms with Crippen LogP contribution in [0.1, 0.15) is 26.2 Å². The summed E-state index contributed by atoms with van der Waals surface area (Å²) >= 11 is 0. The van der Waals surface area contributed by atoms with Gasteiger partial charge in [-0.15, -0.1) is 0 Å². The second-order valence-electron chi connectivity index (χ2n) is 7.39. The third-order valence-electron chi connectivity index (χ3n) is 5.26. The average molecular weight is 426 g/mol. The van der Waals surface area contributed by atoms with Crippen molar-refractivity contribution in [3.05, 3.63) is 24.3 Å². The van der Waals surface area contributed by atoms with E-state index < -0.39 is 10.0 Å². The van der Waals surface area contributed by atoms with Crippen LogP contribution >= 0.6 is 0 Å². The van der Waals surface area contributed by atoms with Gasteiger partial charge in [-0.2, -0.15) is 4.31 Å². The lowest BCUT2D eigenvalue weighted by molar-refractivity contribution is -0.116. The zero-order valence-electron chi connectivity index (χ0n) is 17.0. The molecule has 1 atom stereocenters. The molecule has 0 aliphatic carbocycles. The quantitative estimate of drug-likeness (QED) is 0.682. The first-order chi connectivity index (χ1) is 14.0. The highest BCUT2D eigenvalue weighted by Crippen LogP contribution is 2.20. The number of nitrogens with one attached hydrogen (secondary N) is 1. The van der Waals surface area contributed by atoms with E-state index in [4.69, 9.17) is 9.47 Å². The number of hydrogen-bond donors (Lipinski definition) is 1. The predicted molar refractivity (Wildman–Crippen MR) is 113 cm³/mol. The SMILES string of the molecule is CCN(CC(=O)Nc1ccc(N2CCOCC2)cc1)S(=O)(=O)CC1CCCCO1. The molecule has 0 saturated carbocycles. The van der Waals surface area contributed by atoms with E-state index in [0.717, 1.165) is 38.0 Å². The maximum atomic E-state index is 12.7. The van der Waals surface area contributed by atoms with Crippen LogP contribution in [-0.2, 0) is 24.3 Å². The minimum absolute atomic E-state index is 0.0671. The Bertz CT molecular complexity index is 757. The first-order valence-electron chi connectivity index (χ1n) is 10.3. The fourth-order valence-corrected chi connectivity index (χ4v) is 5.27. The maximum absolute atomic E-state index is 12.7. The van der Waals surface area contributed by atoms with Gasteiger partial charge in [0.05, 0.1) is 31.6 Å². The minimum atomic E-state index is -3.55. The van der Waals surface area contributed by atoms with Gasteiger partial charge in [-0.1, -0.05) is 6.92 Å². The third kappa shape index (κ3) is 6.40. The van der Waals surface area contributed by atoms with Gasteiger partial charge in [-0.25, -0.2) is 8.42 Å². The number of carbonyl (C=O) groups excluding carboxylic acids is 1. The van der Waals surface area contributed by atoms with Crippen molar-refractivity contribution in [2.24, 2.45) is 0 Å². The Morgan fingerprint density at radius 2 is 1.90 bits per heavy atom. The number of sulfonamides is 1. The Hall–Kier alpha value is -1.68. The summed E-state index contributed by atoms with van der Waals surface area (Å²) in [7, 11) is -3.55. The maximum Gasteiger partial charge on any atom is 0.239 e. The second-order valence-corrected chi connectivity index (χ2v) is 9.40. The summed E-state index contributed by atoms with van der Waals surface area (Å²) in [6.07, 6.45) is 2.42. The number of anilines is 2. The van der Waals surface area contributed by atoms with Crippen molar-refractivity contribution in [3.8, 4) is 0 Å². The number of rotatable bonds is 8. The summed E-state index contributed by atoms with van der Waals surface area (Å²) in [5, 5.41) is 2.79. The van der Waals surface area contributed by atoms with Crippen LogP contribution in [0.2, 0.25) is 0 Å². The number of ether oxygens (including phenoxy) is 2. The number of amides is 1. The molecule has 29 heavy (non-hydrogen) atoms. The number of benzene rings is 1. The first-order valence-corrected chi connectivity index (χ1v) is 11.9. The van der Waals surface area contributed by atoms with E-state index in [2.05, 4.69) is 10.2 Å². The summed E-state index contributed by atoms with van der Waals surface area (Å²) in [6, 6.07) is 7.58. The molecule has 2 aliphatic rings. The Kier molecular flexibility index (Phi) is 7.88. The molecule has 9 heteroatoms. The largest absolute Gasteiger partial charge is 0.378 e. The van der Waals surface area contributed by atoms with Crippen molar-refractivity contribution in [2.75, 3.05) is 62.0 Å². The van der Waals surface area contributed by atoms with Gasteiger partial charge < -0.3 is 19.7 Å². The lowest BCUT2D eigenvalue weighted by atomic mass is 10.1. The molecule has 8 nitrogen and oxygen atoms in total. The van der Waals surface area contributed by atoms with Crippen molar-refractivity contribution in [2.45, 2.75) is 32.3 Å². The molecular weight excluding hydrogens is 394 g/mol. The molecule has 0 aromatic heterocycles. The number of morpholine rings is 1. The Balaban J connectivity index is 1.53. The van der Waals surface area contributed by atoms with Crippen LogP contribution < -0.4 is 10.2 Å². The van der Waals surface area contributed by atoms with Gasteiger partial charge in [0.2, 0.25) is 15.9 Å². The zero-order valence-corrected chi connectivity index (χ0v) is 17.8. The zero-order chi connectivity index (χ0) is 20.7. The standard InChI is InChI=1S/C20H31N3O5S/c1-2-23(29(25,26)16-19-5-3-4-12-28-19)15-20(24)21-17-6-8-18(9-7-17)22-10-13-27-14-11-22/h6-9,19H,2-5,10-16H2,1H3,(H,21,24). The van der Waals surface area contributed by atoms with Crippen LogP contribution in [0.3, 0.4) is 0 Å². The van der Waals surface area contributed by atoms with Crippen molar-refractivity contribution in [1.82, 2.24) is 4.31 Å². The lowest BCUT2D eigenvalue weighted by Gasteiger charge is -2.29. The summed E-state index contributed by atoms with van der Waals surface area (Å²) in [4.78, 5) is 14.7. The molecule has 2 heterocycles. The van der Waals surface area contributed by atoms with Gasteiger partial charge in [-0.05, 0) is 43.5 Å².